The molecule has 2 rings (SSSR count). The maximum absolute atomic E-state index is 11.9. The highest BCUT2D eigenvalue weighted by Crippen LogP contribution is 2.18. The second-order valence-corrected chi connectivity index (χ2v) is 4.83. The van der Waals surface area contributed by atoms with E-state index in [1.54, 1.807) is 48.5 Å². The number of Topliss-reactive ketones (excluding diaryl/α,β-unsaturated/α-hetero) is 1. The van der Waals surface area contributed by atoms with Gasteiger partial charge in [0, 0.05) is 29.9 Å². The molecule has 0 atom stereocenters. The molecule has 0 heterocycles. The van der Waals surface area contributed by atoms with Gasteiger partial charge in [0.15, 0.2) is 5.78 Å². The maximum atomic E-state index is 11.9. The first kappa shape index (κ1) is 16.2. The third-order valence-corrected chi connectivity index (χ3v) is 2.90. The molecule has 0 aliphatic heterocycles. The van der Waals surface area contributed by atoms with Gasteiger partial charge < -0.3 is 15.4 Å². The number of anilines is 2. The highest BCUT2D eigenvalue weighted by atomic mass is 16.5. The summed E-state index contributed by atoms with van der Waals surface area (Å²) in [6.45, 7) is 2.78. The lowest BCUT2D eigenvalue weighted by Gasteiger charge is -2.09. The van der Waals surface area contributed by atoms with Crippen molar-refractivity contribution in [3.05, 3.63) is 54.1 Å². The molecular formula is C17H16N2O4. The fourth-order valence-corrected chi connectivity index (χ4v) is 1.89. The van der Waals surface area contributed by atoms with Crippen molar-refractivity contribution in [2.45, 2.75) is 13.8 Å². The van der Waals surface area contributed by atoms with Crippen LogP contribution in [0, 0.1) is 0 Å². The number of nitrogens with one attached hydrogen (secondary N) is 2. The predicted octanol–water partition coefficient (Wildman–Crippen LogP) is 3.46. The second kappa shape index (κ2) is 7.22. The van der Waals surface area contributed by atoms with Crippen molar-refractivity contribution in [1.82, 2.24) is 0 Å². The summed E-state index contributed by atoms with van der Waals surface area (Å²) in [6.07, 6.45) is 0. The molecule has 0 saturated carbocycles. The van der Waals surface area contributed by atoms with Crippen LogP contribution in [-0.2, 0) is 4.79 Å². The van der Waals surface area contributed by atoms with Crippen LogP contribution in [0.2, 0.25) is 0 Å². The lowest BCUT2D eigenvalue weighted by molar-refractivity contribution is -0.131. The quantitative estimate of drug-likeness (QED) is 0.514. The Morgan fingerprint density at radius 3 is 2.13 bits per heavy atom. The Bertz CT molecular complexity index is 739. The molecule has 0 saturated heterocycles. The molecule has 6 heteroatoms. The molecule has 23 heavy (non-hydrogen) atoms. The van der Waals surface area contributed by atoms with Crippen molar-refractivity contribution in [1.29, 1.82) is 0 Å². The van der Waals surface area contributed by atoms with E-state index in [-0.39, 0.29) is 5.78 Å². The number of amides is 2. The van der Waals surface area contributed by atoms with Crippen molar-refractivity contribution in [2.24, 2.45) is 0 Å². The number of ether oxygens (including phenoxy) is 1. The van der Waals surface area contributed by atoms with Gasteiger partial charge in [0.05, 0.1) is 0 Å². The SMILES string of the molecule is CC(=O)Oc1cccc(NC(=O)Nc2ccc(C(C)=O)cc2)c1. The Kier molecular flexibility index (Phi) is 5.09. The van der Waals surface area contributed by atoms with E-state index in [0.29, 0.717) is 22.7 Å². The van der Waals surface area contributed by atoms with E-state index in [1.807, 2.05) is 0 Å². The summed E-state index contributed by atoms with van der Waals surface area (Å²) in [7, 11) is 0. The van der Waals surface area contributed by atoms with E-state index >= 15 is 0 Å². The topological polar surface area (TPSA) is 84.5 Å². The zero-order valence-electron chi connectivity index (χ0n) is 12.8. The van der Waals surface area contributed by atoms with Crippen molar-refractivity contribution in [3.63, 3.8) is 0 Å². The summed E-state index contributed by atoms with van der Waals surface area (Å²) in [5, 5.41) is 5.28. The number of benzene rings is 2. The molecule has 2 N–H and O–H groups in total. The molecule has 0 bridgehead atoms. The number of carbonyl (C=O) groups excluding carboxylic acids is 3. The summed E-state index contributed by atoms with van der Waals surface area (Å²) in [4.78, 5) is 34.0. The molecule has 0 aromatic heterocycles. The summed E-state index contributed by atoms with van der Waals surface area (Å²) in [5.41, 5.74) is 1.62. The fraction of sp³-hybridized carbons (Fsp3) is 0.118. The normalized spacial score (nSPS) is 9.83. The molecule has 0 aliphatic carbocycles. The molecule has 2 amide bonds. The summed E-state index contributed by atoms with van der Waals surface area (Å²) in [6, 6.07) is 12.6. The van der Waals surface area contributed by atoms with Gasteiger partial charge in [-0.3, -0.25) is 9.59 Å². The van der Waals surface area contributed by atoms with Crippen LogP contribution in [0.1, 0.15) is 24.2 Å². The molecule has 0 spiro atoms. The molecule has 0 fully saturated rings. The Hall–Kier alpha value is -3.15. The van der Waals surface area contributed by atoms with Gasteiger partial charge in [0.1, 0.15) is 5.75 Å². The largest absolute Gasteiger partial charge is 0.427 e. The second-order valence-electron chi connectivity index (χ2n) is 4.83. The van der Waals surface area contributed by atoms with Gasteiger partial charge in [0.2, 0.25) is 0 Å². The lowest BCUT2D eigenvalue weighted by atomic mass is 10.1. The van der Waals surface area contributed by atoms with E-state index in [2.05, 4.69) is 10.6 Å². The first-order valence-corrected chi connectivity index (χ1v) is 6.91. The molecular weight excluding hydrogens is 296 g/mol. The van der Waals surface area contributed by atoms with Gasteiger partial charge in [0.25, 0.3) is 0 Å². The van der Waals surface area contributed by atoms with Crippen LogP contribution < -0.4 is 15.4 Å². The van der Waals surface area contributed by atoms with Crippen LogP contribution in [0.25, 0.3) is 0 Å². The van der Waals surface area contributed by atoms with Gasteiger partial charge in [-0.25, -0.2) is 4.79 Å². The van der Waals surface area contributed by atoms with Crippen LogP contribution >= 0.6 is 0 Å². The number of hydrogen-bond acceptors (Lipinski definition) is 4. The minimum Gasteiger partial charge on any atom is -0.427 e. The highest BCUT2D eigenvalue weighted by Gasteiger charge is 2.05. The first-order valence-electron chi connectivity index (χ1n) is 6.91. The third kappa shape index (κ3) is 4.96. The van der Waals surface area contributed by atoms with Gasteiger partial charge >= 0.3 is 12.0 Å². The van der Waals surface area contributed by atoms with Crippen LogP contribution in [-0.4, -0.2) is 17.8 Å². The number of hydrogen-bond donors (Lipinski definition) is 2. The smallest absolute Gasteiger partial charge is 0.323 e. The fourth-order valence-electron chi connectivity index (χ4n) is 1.89. The summed E-state index contributed by atoms with van der Waals surface area (Å²) < 4.78 is 4.95. The Morgan fingerprint density at radius 1 is 0.870 bits per heavy atom. The highest BCUT2D eigenvalue weighted by molar-refractivity contribution is 6.00. The minimum absolute atomic E-state index is 0.0386. The zero-order chi connectivity index (χ0) is 16.8. The van der Waals surface area contributed by atoms with Gasteiger partial charge in [-0.05, 0) is 43.3 Å². The standard InChI is InChI=1S/C17H16N2O4/c1-11(20)13-6-8-14(9-7-13)18-17(22)19-15-4-3-5-16(10-15)23-12(2)21/h3-10H,1-2H3,(H2,18,19,22). The van der Waals surface area contributed by atoms with E-state index < -0.39 is 12.0 Å². The van der Waals surface area contributed by atoms with E-state index in [9.17, 15) is 14.4 Å². The van der Waals surface area contributed by atoms with E-state index in [1.165, 1.54) is 13.8 Å². The van der Waals surface area contributed by atoms with Gasteiger partial charge in [-0.15, -0.1) is 0 Å². The Balaban J connectivity index is 1.99. The summed E-state index contributed by atoms with van der Waals surface area (Å²) in [5.74, 6) is -0.124. The van der Waals surface area contributed by atoms with Gasteiger partial charge in [-0.1, -0.05) is 6.07 Å². The third-order valence-electron chi connectivity index (χ3n) is 2.90. The van der Waals surface area contributed by atoms with Crippen molar-refractivity contribution < 1.29 is 19.1 Å². The number of ketones is 1. The molecule has 2 aromatic rings. The van der Waals surface area contributed by atoms with Crippen LogP contribution in [0.15, 0.2) is 48.5 Å². The minimum atomic E-state index is -0.444. The molecule has 118 valence electrons. The average molecular weight is 312 g/mol. The molecule has 0 radical (unpaired) electrons. The number of rotatable bonds is 4. The summed E-state index contributed by atoms with van der Waals surface area (Å²) >= 11 is 0. The van der Waals surface area contributed by atoms with Gasteiger partial charge in [-0.2, -0.15) is 0 Å². The van der Waals surface area contributed by atoms with Crippen LogP contribution in [0.5, 0.6) is 5.75 Å². The monoisotopic (exact) mass is 312 g/mol. The predicted molar refractivity (Wildman–Crippen MR) is 86.8 cm³/mol. The van der Waals surface area contributed by atoms with E-state index in [4.69, 9.17) is 4.74 Å². The molecule has 0 unspecified atom stereocenters. The number of carbonyl (C=O) groups is 3. The van der Waals surface area contributed by atoms with Crippen molar-refractivity contribution >= 4 is 29.2 Å². The Labute approximate surface area is 133 Å². The molecule has 6 nitrogen and oxygen atoms in total. The first-order chi connectivity index (χ1) is 10.9. The van der Waals surface area contributed by atoms with Crippen molar-refractivity contribution in [3.8, 4) is 5.75 Å². The zero-order valence-corrected chi connectivity index (χ0v) is 12.8. The Morgan fingerprint density at radius 2 is 1.52 bits per heavy atom. The van der Waals surface area contributed by atoms with Crippen LogP contribution in [0.3, 0.4) is 0 Å². The average Bonchev–Trinajstić information content (AvgIpc) is 2.47. The lowest BCUT2D eigenvalue weighted by Crippen LogP contribution is -2.19. The molecule has 0 aliphatic rings. The van der Waals surface area contributed by atoms with E-state index in [0.717, 1.165) is 0 Å². The number of esters is 1. The van der Waals surface area contributed by atoms with Crippen molar-refractivity contribution in [2.75, 3.05) is 10.6 Å². The van der Waals surface area contributed by atoms with Crippen LogP contribution in [0.4, 0.5) is 16.2 Å². The maximum Gasteiger partial charge on any atom is 0.323 e. The molecule has 2 aromatic carbocycles. The number of urea groups is 1.